The largest absolute Gasteiger partial charge is 0.385 e. The number of benzene rings is 2. The summed E-state index contributed by atoms with van der Waals surface area (Å²) in [5.74, 6) is 1.39. The molecule has 1 aromatic heterocycles. The smallest absolute Gasteiger partial charge is 0.225 e. The van der Waals surface area contributed by atoms with Gasteiger partial charge in [0.1, 0.15) is 5.82 Å². The van der Waals surface area contributed by atoms with Crippen molar-refractivity contribution in [2.75, 3.05) is 30.9 Å². The molecule has 3 aromatic rings. The van der Waals surface area contributed by atoms with Crippen LogP contribution >= 0.6 is 0 Å². The normalized spacial score (nSPS) is 10.7. The molecule has 3 rings (SSSR count). The first kappa shape index (κ1) is 19.8. The molecule has 0 aliphatic heterocycles. The lowest BCUT2D eigenvalue weighted by Crippen LogP contribution is -2.09. The summed E-state index contributed by atoms with van der Waals surface area (Å²) < 4.78 is 5.12. The first-order valence-corrected chi connectivity index (χ1v) is 9.59. The molecule has 2 N–H and O–H groups in total. The number of hydrogen-bond donors (Lipinski definition) is 2. The van der Waals surface area contributed by atoms with Gasteiger partial charge in [-0.1, -0.05) is 48.0 Å². The Bertz CT molecular complexity index is 902. The van der Waals surface area contributed by atoms with Gasteiger partial charge in [0.2, 0.25) is 5.95 Å². The van der Waals surface area contributed by atoms with Crippen molar-refractivity contribution in [2.45, 2.75) is 27.2 Å². The van der Waals surface area contributed by atoms with Crippen LogP contribution < -0.4 is 10.6 Å². The molecule has 146 valence electrons. The molecule has 5 nitrogen and oxygen atoms in total. The average Bonchev–Trinajstić information content (AvgIpc) is 2.69. The van der Waals surface area contributed by atoms with Gasteiger partial charge in [0.25, 0.3) is 0 Å². The predicted molar refractivity (Wildman–Crippen MR) is 116 cm³/mol. The number of hydrogen-bond acceptors (Lipinski definition) is 5. The van der Waals surface area contributed by atoms with Gasteiger partial charge < -0.3 is 15.4 Å². The summed E-state index contributed by atoms with van der Waals surface area (Å²) in [6.45, 7) is 7.81. The van der Waals surface area contributed by atoms with Crippen LogP contribution in [0.3, 0.4) is 0 Å². The fraction of sp³-hybridized carbons (Fsp3) is 0.304. The highest BCUT2D eigenvalue weighted by atomic mass is 16.5. The van der Waals surface area contributed by atoms with Crippen molar-refractivity contribution >= 4 is 17.5 Å². The third-order valence-corrected chi connectivity index (χ3v) is 4.53. The van der Waals surface area contributed by atoms with E-state index in [1.165, 1.54) is 16.7 Å². The molecule has 0 amide bonds. The van der Waals surface area contributed by atoms with Crippen molar-refractivity contribution < 1.29 is 4.74 Å². The Morgan fingerprint density at radius 3 is 2.32 bits per heavy atom. The van der Waals surface area contributed by atoms with Gasteiger partial charge in [0.05, 0.1) is 5.69 Å². The minimum atomic E-state index is 0.613. The number of rotatable bonds is 8. The molecule has 0 unspecified atom stereocenters. The van der Waals surface area contributed by atoms with Gasteiger partial charge in [-0.2, -0.15) is 4.98 Å². The maximum atomic E-state index is 5.12. The van der Waals surface area contributed by atoms with Gasteiger partial charge in [-0.05, 0) is 38.3 Å². The molecule has 0 aliphatic rings. The van der Waals surface area contributed by atoms with Crippen LogP contribution in [-0.2, 0) is 4.74 Å². The number of nitrogens with zero attached hydrogens (tertiary/aromatic N) is 2. The minimum absolute atomic E-state index is 0.613. The molecule has 28 heavy (non-hydrogen) atoms. The molecular weight excluding hydrogens is 348 g/mol. The van der Waals surface area contributed by atoms with Gasteiger partial charge in [0.15, 0.2) is 0 Å². The molecule has 1 heterocycles. The second-order valence-electron chi connectivity index (χ2n) is 7.00. The zero-order chi connectivity index (χ0) is 19.9. The molecule has 0 aliphatic carbocycles. The van der Waals surface area contributed by atoms with Crippen LogP contribution in [0.1, 0.15) is 23.1 Å². The third-order valence-electron chi connectivity index (χ3n) is 4.53. The van der Waals surface area contributed by atoms with Gasteiger partial charge in [0, 0.05) is 37.6 Å². The summed E-state index contributed by atoms with van der Waals surface area (Å²) in [6, 6.07) is 16.5. The van der Waals surface area contributed by atoms with E-state index < -0.39 is 0 Å². The fourth-order valence-corrected chi connectivity index (χ4v) is 3.27. The van der Waals surface area contributed by atoms with Crippen molar-refractivity contribution in [2.24, 2.45) is 0 Å². The Hall–Kier alpha value is -2.92. The Kier molecular flexibility index (Phi) is 6.61. The van der Waals surface area contributed by atoms with Crippen molar-refractivity contribution in [1.82, 2.24) is 9.97 Å². The van der Waals surface area contributed by atoms with E-state index in [-0.39, 0.29) is 0 Å². The Morgan fingerprint density at radius 1 is 0.929 bits per heavy atom. The molecule has 2 aromatic carbocycles. The Morgan fingerprint density at radius 2 is 1.64 bits per heavy atom. The molecule has 0 spiro atoms. The first-order chi connectivity index (χ1) is 13.6. The van der Waals surface area contributed by atoms with Crippen LogP contribution in [0.5, 0.6) is 0 Å². The second-order valence-corrected chi connectivity index (χ2v) is 7.00. The van der Waals surface area contributed by atoms with Gasteiger partial charge in [-0.3, -0.25) is 0 Å². The lowest BCUT2D eigenvalue weighted by Gasteiger charge is -2.15. The van der Waals surface area contributed by atoms with E-state index in [0.717, 1.165) is 35.7 Å². The fourth-order valence-electron chi connectivity index (χ4n) is 3.27. The molecule has 0 saturated carbocycles. The van der Waals surface area contributed by atoms with E-state index in [9.17, 15) is 0 Å². The van der Waals surface area contributed by atoms with Crippen molar-refractivity contribution in [1.29, 1.82) is 0 Å². The monoisotopic (exact) mass is 376 g/mol. The van der Waals surface area contributed by atoms with E-state index in [4.69, 9.17) is 9.72 Å². The van der Waals surface area contributed by atoms with Crippen molar-refractivity contribution in [3.63, 3.8) is 0 Å². The number of aromatic nitrogens is 2. The molecule has 0 radical (unpaired) electrons. The van der Waals surface area contributed by atoms with E-state index in [0.29, 0.717) is 12.6 Å². The number of methoxy groups -OCH3 is 1. The van der Waals surface area contributed by atoms with Crippen LogP contribution in [-0.4, -0.2) is 30.2 Å². The highest BCUT2D eigenvalue weighted by Crippen LogP contribution is 2.28. The number of ether oxygens (including phenoxy) is 1. The maximum absolute atomic E-state index is 5.12. The highest BCUT2D eigenvalue weighted by Gasteiger charge is 2.10. The zero-order valence-electron chi connectivity index (χ0n) is 17.0. The molecule has 0 atom stereocenters. The summed E-state index contributed by atoms with van der Waals surface area (Å²) in [6.07, 6.45) is 0.897. The van der Waals surface area contributed by atoms with Crippen LogP contribution in [0.4, 0.5) is 17.5 Å². The molecule has 5 heteroatoms. The van der Waals surface area contributed by atoms with E-state index in [1.54, 1.807) is 7.11 Å². The molecule has 0 fully saturated rings. The van der Waals surface area contributed by atoms with Crippen LogP contribution in [0, 0.1) is 20.8 Å². The summed E-state index contributed by atoms with van der Waals surface area (Å²) in [5.41, 5.74) is 6.70. The highest BCUT2D eigenvalue weighted by molar-refractivity contribution is 5.70. The Balaban J connectivity index is 1.93. The predicted octanol–water partition coefficient (Wildman–Crippen LogP) is 5.26. The summed E-state index contributed by atoms with van der Waals surface area (Å²) >= 11 is 0. The van der Waals surface area contributed by atoms with Crippen LogP contribution in [0.15, 0.2) is 48.5 Å². The van der Waals surface area contributed by atoms with Crippen molar-refractivity contribution in [3.05, 3.63) is 65.2 Å². The van der Waals surface area contributed by atoms with E-state index in [2.05, 4.69) is 60.7 Å². The van der Waals surface area contributed by atoms with Crippen LogP contribution in [0.2, 0.25) is 0 Å². The minimum Gasteiger partial charge on any atom is -0.385 e. The zero-order valence-corrected chi connectivity index (χ0v) is 17.0. The average molecular weight is 377 g/mol. The lowest BCUT2D eigenvalue weighted by molar-refractivity contribution is 0.197. The van der Waals surface area contributed by atoms with Gasteiger partial charge >= 0.3 is 0 Å². The SMILES string of the molecule is COCCCNc1nc(Nc2c(C)cc(C)cc2C)cc(-c2ccccc2)n1. The third kappa shape index (κ3) is 5.08. The van der Waals surface area contributed by atoms with E-state index in [1.807, 2.05) is 24.3 Å². The molecular formula is C23H28N4O. The molecule has 0 saturated heterocycles. The first-order valence-electron chi connectivity index (χ1n) is 9.59. The van der Waals surface area contributed by atoms with Crippen LogP contribution in [0.25, 0.3) is 11.3 Å². The van der Waals surface area contributed by atoms with Crippen molar-refractivity contribution in [3.8, 4) is 11.3 Å². The maximum Gasteiger partial charge on any atom is 0.225 e. The second kappa shape index (κ2) is 9.33. The molecule has 0 bridgehead atoms. The number of aryl methyl sites for hydroxylation is 3. The summed E-state index contributed by atoms with van der Waals surface area (Å²) in [4.78, 5) is 9.38. The standard InChI is InChI=1S/C23H28N4O/c1-16-13-17(2)22(18(3)14-16)26-21-15-20(19-9-6-5-7-10-19)25-23(27-21)24-11-8-12-28-4/h5-7,9-10,13-15H,8,11-12H2,1-4H3,(H2,24,25,26,27). The van der Waals surface area contributed by atoms with E-state index >= 15 is 0 Å². The topological polar surface area (TPSA) is 59.1 Å². The number of anilines is 3. The Labute approximate surface area is 167 Å². The lowest BCUT2D eigenvalue weighted by atomic mass is 10.1. The number of nitrogens with one attached hydrogen (secondary N) is 2. The van der Waals surface area contributed by atoms with Gasteiger partial charge in [-0.15, -0.1) is 0 Å². The summed E-state index contributed by atoms with van der Waals surface area (Å²) in [5, 5.41) is 6.82. The summed E-state index contributed by atoms with van der Waals surface area (Å²) in [7, 11) is 1.71. The van der Waals surface area contributed by atoms with Gasteiger partial charge in [-0.25, -0.2) is 4.98 Å². The quantitative estimate of drug-likeness (QED) is 0.525.